The van der Waals surface area contributed by atoms with Gasteiger partial charge in [-0.1, -0.05) is 30.4 Å². The molecule has 0 saturated heterocycles. The fourth-order valence-corrected chi connectivity index (χ4v) is 2.14. The summed E-state index contributed by atoms with van der Waals surface area (Å²) >= 11 is 0. The SMILES string of the molecule is O=C(O)c1cnc(-c2ccc(C3=CCCC=C3)cc2)o1. The number of aromatic carboxylic acids is 1. The molecule has 0 amide bonds. The maximum absolute atomic E-state index is 10.8. The molecule has 1 N–H and O–H groups in total. The Balaban J connectivity index is 1.87. The van der Waals surface area contributed by atoms with Crippen LogP contribution in [0.25, 0.3) is 17.0 Å². The molecule has 1 heterocycles. The number of hydrogen-bond donors (Lipinski definition) is 1. The van der Waals surface area contributed by atoms with E-state index in [9.17, 15) is 4.79 Å². The van der Waals surface area contributed by atoms with E-state index in [2.05, 4.69) is 23.2 Å². The topological polar surface area (TPSA) is 63.3 Å². The van der Waals surface area contributed by atoms with Gasteiger partial charge in [-0.05, 0) is 36.1 Å². The summed E-state index contributed by atoms with van der Waals surface area (Å²) in [4.78, 5) is 14.7. The van der Waals surface area contributed by atoms with Gasteiger partial charge in [-0.15, -0.1) is 0 Å². The summed E-state index contributed by atoms with van der Waals surface area (Å²) in [6, 6.07) is 7.75. The largest absolute Gasteiger partial charge is 0.475 e. The van der Waals surface area contributed by atoms with Crippen LogP contribution in [0.4, 0.5) is 0 Å². The summed E-state index contributed by atoms with van der Waals surface area (Å²) in [6.45, 7) is 0. The molecule has 0 bridgehead atoms. The molecule has 3 rings (SSSR count). The number of hydrogen-bond acceptors (Lipinski definition) is 3. The van der Waals surface area contributed by atoms with Gasteiger partial charge in [-0.25, -0.2) is 9.78 Å². The highest BCUT2D eigenvalue weighted by atomic mass is 16.4. The van der Waals surface area contributed by atoms with Gasteiger partial charge in [-0.3, -0.25) is 0 Å². The van der Waals surface area contributed by atoms with Crippen molar-refractivity contribution in [2.24, 2.45) is 0 Å². The van der Waals surface area contributed by atoms with E-state index in [-0.39, 0.29) is 5.76 Å². The van der Waals surface area contributed by atoms with Crippen LogP contribution in [0.1, 0.15) is 29.0 Å². The van der Waals surface area contributed by atoms with Crippen molar-refractivity contribution in [1.29, 1.82) is 0 Å². The van der Waals surface area contributed by atoms with Crippen molar-refractivity contribution in [2.45, 2.75) is 12.8 Å². The molecule has 0 spiro atoms. The zero-order valence-electron chi connectivity index (χ0n) is 10.7. The lowest BCUT2D eigenvalue weighted by Gasteiger charge is -2.07. The summed E-state index contributed by atoms with van der Waals surface area (Å²) in [5.41, 5.74) is 3.11. The second kappa shape index (κ2) is 5.17. The molecular formula is C16H13NO3. The van der Waals surface area contributed by atoms with Gasteiger partial charge in [0.25, 0.3) is 0 Å². The van der Waals surface area contributed by atoms with Crippen LogP contribution in [-0.4, -0.2) is 16.1 Å². The van der Waals surface area contributed by atoms with E-state index in [1.807, 2.05) is 24.3 Å². The van der Waals surface area contributed by atoms with Crippen molar-refractivity contribution >= 4 is 11.5 Å². The van der Waals surface area contributed by atoms with Crippen molar-refractivity contribution < 1.29 is 14.3 Å². The molecule has 100 valence electrons. The zero-order valence-corrected chi connectivity index (χ0v) is 10.7. The molecule has 0 atom stereocenters. The second-order valence-electron chi connectivity index (χ2n) is 4.55. The number of carboxylic acids is 1. The number of aromatic nitrogens is 1. The molecule has 20 heavy (non-hydrogen) atoms. The second-order valence-corrected chi connectivity index (χ2v) is 4.55. The minimum atomic E-state index is -1.11. The molecule has 0 unspecified atom stereocenters. The standard InChI is InChI=1S/C16H13NO3/c18-16(19)14-10-17-15(20-14)13-8-6-12(7-9-13)11-4-2-1-3-5-11/h2,4-10H,1,3H2,(H,18,19). The van der Waals surface area contributed by atoms with Crippen LogP contribution in [0.2, 0.25) is 0 Å². The summed E-state index contributed by atoms with van der Waals surface area (Å²) in [5.74, 6) is -0.943. The summed E-state index contributed by atoms with van der Waals surface area (Å²) in [6.07, 6.45) is 9.87. The van der Waals surface area contributed by atoms with Crippen LogP contribution >= 0.6 is 0 Å². The number of carbonyl (C=O) groups is 1. The minimum Gasteiger partial charge on any atom is -0.475 e. The van der Waals surface area contributed by atoms with Crippen LogP contribution in [0.5, 0.6) is 0 Å². The van der Waals surface area contributed by atoms with E-state index < -0.39 is 5.97 Å². The molecule has 0 saturated carbocycles. The van der Waals surface area contributed by atoms with Gasteiger partial charge in [0.1, 0.15) is 0 Å². The first kappa shape index (κ1) is 12.4. The van der Waals surface area contributed by atoms with Crippen molar-refractivity contribution in [3.8, 4) is 11.5 Å². The van der Waals surface area contributed by atoms with Gasteiger partial charge in [-0.2, -0.15) is 0 Å². The number of allylic oxidation sites excluding steroid dienone is 4. The Morgan fingerprint density at radius 2 is 1.90 bits per heavy atom. The van der Waals surface area contributed by atoms with Gasteiger partial charge in [0.05, 0.1) is 6.20 Å². The zero-order chi connectivity index (χ0) is 13.9. The van der Waals surface area contributed by atoms with Crippen LogP contribution in [0.3, 0.4) is 0 Å². The molecule has 1 aromatic carbocycles. The van der Waals surface area contributed by atoms with E-state index in [0.717, 1.165) is 24.0 Å². The van der Waals surface area contributed by atoms with E-state index in [1.54, 1.807) is 0 Å². The van der Waals surface area contributed by atoms with Gasteiger partial charge in [0.15, 0.2) is 0 Å². The Bertz CT molecular complexity index is 693. The predicted molar refractivity (Wildman–Crippen MR) is 75.2 cm³/mol. The Hall–Kier alpha value is -2.62. The van der Waals surface area contributed by atoms with Crippen molar-refractivity contribution in [1.82, 2.24) is 4.98 Å². The van der Waals surface area contributed by atoms with Crippen LogP contribution in [0, 0.1) is 0 Å². The highest BCUT2D eigenvalue weighted by Gasteiger charge is 2.12. The molecule has 1 aliphatic carbocycles. The Morgan fingerprint density at radius 1 is 1.15 bits per heavy atom. The summed E-state index contributed by atoms with van der Waals surface area (Å²) in [5, 5.41) is 8.81. The highest BCUT2D eigenvalue weighted by Crippen LogP contribution is 2.25. The molecule has 0 aliphatic heterocycles. The van der Waals surface area contributed by atoms with E-state index >= 15 is 0 Å². The van der Waals surface area contributed by atoms with Crippen LogP contribution in [-0.2, 0) is 0 Å². The molecule has 1 aliphatic rings. The third-order valence-electron chi connectivity index (χ3n) is 3.18. The molecule has 4 heteroatoms. The Labute approximate surface area is 116 Å². The van der Waals surface area contributed by atoms with E-state index in [1.165, 1.54) is 11.8 Å². The fraction of sp³-hybridized carbons (Fsp3) is 0.125. The predicted octanol–water partition coefficient (Wildman–Crippen LogP) is 3.77. The van der Waals surface area contributed by atoms with Gasteiger partial charge < -0.3 is 9.52 Å². The molecule has 0 radical (unpaired) electrons. The van der Waals surface area contributed by atoms with Crippen molar-refractivity contribution in [3.63, 3.8) is 0 Å². The Kier molecular flexibility index (Phi) is 3.21. The van der Waals surface area contributed by atoms with Gasteiger partial charge >= 0.3 is 5.97 Å². The van der Waals surface area contributed by atoms with E-state index in [0.29, 0.717) is 5.89 Å². The normalized spacial score (nSPS) is 14.1. The molecule has 4 nitrogen and oxygen atoms in total. The van der Waals surface area contributed by atoms with Gasteiger partial charge in [0, 0.05) is 5.56 Å². The van der Waals surface area contributed by atoms with Crippen molar-refractivity contribution in [2.75, 3.05) is 0 Å². The number of oxazole rings is 1. The minimum absolute atomic E-state index is 0.151. The average Bonchev–Trinajstić information content (AvgIpc) is 2.98. The molecule has 1 aromatic heterocycles. The van der Waals surface area contributed by atoms with Gasteiger partial charge in [0.2, 0.25) is 11.7 Å². The molecule has 0 fully saturated rings. The lowest BCUT2D eigenvalue weighted by Crippen LogP contribution is -1.91. The molecule has 2 aromatic rings. The number of rotatable bonds is 3. The number of benzene rings is 1. The third-order valence-corrected chi connectivity index (χ3v) is 3.18. The van der Waals surface area contributed by atoms with Crippen LogP contribution < -0.4 is 0 Å². The first-order valence-corrected chi connectivity index (χ1v) is 6.41. The van der Waals surface area contributed by atoms with Crippen molar-refractivity contribution in [3.05, 3.63) is 60.0 Å². The maximum Gasteiger partial charge on any atom is 0.373 e. The number of nitrogens with zero attached hydrogens (tertiary/aromatic N) is 1. The van der Waals surface area contributed by atoms with Crippen LogP contribution in [0.15, 0.2) is 53.1 Å². The molecular weight excluding hydrogens is 254 g/mol. The maximum atomic E-state index is 10.8. The quantitative estimate of drug-likeness (QED) is 0.919. The third kappa shape index (κ3) is 2.40. The lowest BCUT2D eigenvalue weighted by atomic mass is 9.99. The Morgan fingerprint density at radius 3 is 2.50 bits per heavy atom. The van der Waals surface area contributed by atoms with E-state index in [4.69, 9.17) is 9.52 Å². The summed E-state index contributed by atoms with van der Waals surface area (Å²) < 4.78 is 5.18. The first-order valence-electron chi connectivity index (χ1n) is 6.41. The summed E-state index contributed by atoms with van der Waals surface area (Å²) in [7, 11) is 0. The fourth-order valence-electron chi connectivity index (χ4n) is 2.14. The average molecular weight is 267 g/mol. The lowest BCUT2D eigenvalue weighted by molar-refractivity contribution is 0.0663. The number of carboxylic acid groups (broad SMARTS) is 1. The smallest absolute Gasteiger partial charge is 0.373 e. The first-order chi connectivity index (χ1) is 9.74. The monoisotopic (exact) mass is 267 g/mol. The highest BCUT2D eigenvalue weighted by molar-refractivity contribution is 5.84.